The van der Waals surface area contributed by atoms with E-state index in [1.54, 1.807) is 27.1 Å². The molecule has 2 rings (SSSR count). The lowest BCUT2D eigenvalue weighted by atomic mass is 9.87. The van der Waals surface area contributed by atoms with Crippen molar-refractivity contribution >= 4 is 17.8 Å². The van der Waals surface area contributed by atoms with Gasteiger partial charge in [-0.05, 0) is 48.8 Å². The second kappa shape index (κ2) is 11.0. The minimum absolute atomic E-state index is 0.0623. The van der Waals surface area contributed by atoms with E-state index in [-0.39, 0.29) is 17.8 Å². The number of likely N-dealkylation sites (N-methyl/N-ethyl adjacent to an activating group) is 1. The molecule has 0 spiro atoms. The molecule has 0 aliphatic carbocycles. The van der Waals surface area contributed by atoms with Gasteiger partial charge in [-0.1, -0.05) is 54.9 Å². The number of allylic oxidation sites excluding steroid dienone is 3. The summed E-state index contributed by atoms with van der Waals surface area (Å²) in [5.41, 5.74) is 4.07. The molecule has 0 bridgehead atoms. The van der Waals surface area contributed by atoms with Gasteiger partial charge in [-0.25, -0.2) is 0 Å². The summed E-state index contributed by atoms with van der Waals surface area (Å²) in [6.45, 7) is 7.91. The van der Waals surface area contributed by atoms with Crippen LogP contribution in [-0.4, -0.2) is 39.1 Å². The van der Waals surface area contributed by atoms with E-state index < -0.39 is 5.91 Å². The maximum atomic E-state index is 13.1. The lowest BCUT2D eigenvalue weighted by Crippen LogP contribution is -2.20. The smallest absolute Gasteiger partial charge is 0.270 e. The summed E-state index contributed by atoms with van der Waals surface area (Å²) in [6.07, 6.45) is 4.25. The van der Waals surface area contributed by atoms with Crippen LogP contribution in [0.1, 0.15) is 45.6 Å². The van der Waals surface area contributed by atoms with Gasteiger partial charge < -0.3 is 5.32 Å². The van der Waals surface area contributed by atoms with Crippen LogP contribution in [-0.2, 0) is 16.6 Å². The molecule has 1 unspecified atom stereocenters. The van der Waals surface area contributed by atoms with E-state index in [0.29, 0.717) is 11.1 Å². The molecule has 1 atom stereocenters. The van der Waals surface area contributed by atoms with E-state index in [1.165, 1.54) is 4.80 Å². The zero-order valence-electron chi connectivity index (χ0n) is 18.9. The average molecular weight is 423 g/mol. The lowest BCUT2D eigenvalue weighted by Gasteiger charge is -2.18. The molecule has 1 heterocycles. The highest BCUT2D eigenvalue weighted by molar-refractivity contribution is 6.07. The molecule has 8 heteroatoms. The first-order valence-corrected chi connectivity index (χ1v) is 10.2. The van der Waals surface area contributed by atoms with E-state index >= 15 is 0 Å². The number of hydrogen-bond acceptors (Lipinski definition) is 5. The summed E-state index contributed by atoms with van der Waals surface area (Å²) >= 11 is 0. The fourth-order valence-corrected chi connectivity index (χ4v) is 3.09. The Morgan fingerprint density at radius 2 is 1.81 bits per heavy atom. The number of nitrogens with zero attached hydrogens (tertiary/aromatic N) is 4. The quantitative estimate of drug-likeness (QED) is 0.502. The van der Waals surface area contributed by atoms with Gasteiger partial charge in [-0.3, -0.25) is 14.9 Å². The molecule has 0 fully saturated rings. The van der Waals surface area contributed by atoms with Gasteiger partial charge in [0, 0.05) is 24.1 Å². The van der Waals surface area contributed by atoms with Gasteiger partial charge in [0.05, 0.1) is 7.05 Å². The van der Waals surface area contributed by atoms with Crippen molar-refractivity contribution in [2.75, 3.05) is 12.4 Å². The predicted molar refractivity (Wildman–Crippen MR) is 121 cm³/mol. The molecule has 2 amide bonds. The summed E-state index contributed by atoms with van der Waals surface area (Å²) < 4.78 is 0. The first-order chi connectivity index (χ1) is 14.8. The second-order valence-electron chi connectivity index (χ2n) is 7.28. The van der Waals surface area contributed by atoms with Crippen LogP contribution in [0.2, 0.25) is 0 Å². The third kappa shape index (κ3) is 6.47. The first kappa shape index (κ1) is 23.7. The largest absolute Gasteiger partial charge is 0.355 e. The molecule has 31 heavy (non-hydrogen) atoms. The second-order valence-corrected chi connectivity index (χ2v) is 7.28. The molecule has 2 N–H and O–H groups in total. The molecule has 8 nitrogen and oxygen atoms in total. The summed E-state index contributed by atoms with van der Waals surface area (Å²) in [4.78, 5) is 26.4. The fraction of sp³-hybridized carbons (Fsp3) is 0.348. The van der Waals surface area contributed by atoms with Crippen LogP contribution in [0.4, 0.5) is 5.95 Å². The van der Waals surface area contributed by atoms with Crippen LogP contribution in [0.3, 0.4) is 0 Å². The van der Waals surface area contributed by atoms with Gasteiger partial charge >= 0.3 is 0 Å². The van der Waals surface area contributed by atoms with Crippen molar-refractivity contribution in [1.82, 2.24) is 25.5 Å². The SMILES string of the molecule is CC/C(C)=C(/C=C(\C=C(/C)C(=O)NC)C(=O)Nc1nnn(C)n1)C(C)c1ccccc1. The summed E-state index contributed by atoms with van der Waals surface area (Å²) in [5, 5.41) is 16.8. The maximum Gasteiger partial charge on any atom is 0.270 e. The van der Waals surface area contributed by atoms with E-state index in [9.17, 15) is 9.59 Å². The maximum absolute atomic E-state index is 13.1. The van der Waals surface area contributed by atoms with Crippen LogP contribution in [0, 0.1) is 0 Å². The molecule has 164 valence electrons. The lowest BCUT2D eigenvalue weighted by molar-refractivity contribution is -0.117. The highest BCUT2D eigenvalue weighted by Crippen LogP contribution is 2.30. The highest BCUT2D eigenvalue weighted by atomic mass is 16.2. The zero-order chi connectivity index (χ0) is 23.0. The molecule has 0 aliphatic rings. The Bertz CT molecular complexity index is 1020. The summed E-state index contributed by atoms with van der Waals surface area (Å²) in [6, 6.07) is 10.1. The number of benzene rings is 1. The third-order valence-corrected chi connectivity index (χ3v) is 5.05. The Hall–Kier alpha value is -3.55. The van der Waals surface area contributed by atoms with Gasteiger partial charge in [0.25, 0.3) is 11.9 Å². The summed E-state index contributed by atoms with van der Waals surface area (Å²) in [5.74, 6) is -0.520. The van der Waals surface area contributed by atoms with Crippen LogP contribution in [0.25, 0.3) is 0 Å². The normalized spacial score (nSPS) is 14.0. The Kier molecular flexibility index (Phi) is 8.43. The van der Waals surface area contributed by atoms with Gasteiger partial charge in [0.1, 0.15) is 0 Å². The number of carbonyl (C=O) groups excluding carboxylic acids is 2. The molecule has 2 aromatic rings. The number of anilines is 1. The molecule has 1 aromatic carbocycles. The predicted octanol–water partition coefficient (Wildman–Crippen LogP) is 3.30. The van der Waals surface area contributed by atoms with Crippen molar-refractivity contribution in [3.63, 3.8) is 0 Å². The Morgan fingerprint density at radius 3 is 2.35 bits per heavy atom. The molecule has 0 saturated heterocycles. The van der Waals surface area contributed by atoms with Gasteiger partial charge in [-0.15, -0.1) is 5.10 Å². The van der Waals surface area contributed by atoms with Gasteiger partial charge in [0.15, 0.2) is 0 Å². The first-order valence-electron chi connectivity index (χ1n) is 10.2. The van der Waals surface area contributed by atoms with Crippen LogP contribution < -0.4 is 10.6 Å². The number of hydrogen-bond donors (Lipinski definition) is 2. The monoisotopic (exact) mass is 422 g/mol. The van der Waals surface area contributed by atoms with Crippen LogP contribution >= 0.6 is 0 Å². The number of nitrogens with one attached hydrogen (secondary N) is 2. The molecule has 0 aliphatic heterocycles. The minimum atomic E-state index is -0.419. The Labute approximate surface area is 183 Å². The minimum Gasteiger partial charge on any atom is -0.355 e. The number of rotatable bonds is 8. The topological polar surface area (TPSA) is 102 Å². The average Bonchev–Trinajstić information content (AvgIpc) is 3.19. The molecular formula is C23H30N6O2. The fourth-order valence-electron chi connectivity index (χ4n) is 3.09. The highest BCUT2D eigenvalue weighted by Gasteiger charge is 2.17. The molecule has 0 saturated carbocycles. The van der Waals surface area contributed by atoms with E-state index in [1.807, 2.05) is 24.3 Å². The Morgan fingerprint density at radius 1 is 1.13 bits per heavy atom. The van der Waals surface area contributed by atoms with Crippen LogP contribution in [0.15, 0.2) is 64.8 Å². The number of tetrazole rings is 1. The molecular weight excluding hydrogens is 392 g/mol. The number of carbonyl (C=O) groups is 2. The Balaban J connectivity index is 2.54. The van der Waals surface area contributed by atoms with Crippen molar-refractivity contribution in [3.05, 3.63) is 70.3 Å². The third-order valence-electron chi connectivity index (χ3n) is 5.05. The van der Waals surface area contributed by atoms with Gasteiger partial charge in [0.2, 0.25) is 5.91 Å². The van der Waals surface area contributed by atoms with Crippen molar-refractivity contribution in [3.8, 4) is 0 Å². The van der Waals surface area contributed by atoms with Crippen molar-refractivity contribution in [2.45, 2.75) is 40.0 Å². The van der Waals surface area contributed by atoms with E-state index in [4.69, 9.17) is 0 Å². The van der Waals surface area contributed by atoms with Crippen molar-refractivity contribution in [1.29, 1.82) is 0 Å². The number of aromatic nitrogens is 4. The summed E-state index contributed by atoms with van der Waals surface area (Å²) in [7, 11) is 3.17. The molecule has 1 aromatic heterocycles. The zero-order valence-corrected chi connectivity index (χ0v) is 18.9. The van der Waals surface area contributed by atoms with Crippen LogP contribution in [0.5, 0.6) is 0 Å². The van der Waals surface area contributed by atoms with E-state index in [0.717, 1.165) is 23.1 Å². The standard InChI is InChI=1S/C23H30N6O2/c1-7-15(2)20(17(4)18-11-9-8-10-12-18)14-19(13-16(3)21(30)24-5)22(31)25-23-26-28-29(6)27-23/h8-14,17H,7H2,1-6H3,(H,24,30)(H,25,27,31)/b16-13+,19-14+,20-15-. The van der Waals surface area contributed by atoms with Crippen molar-refractivity contribution in [2.24, 2.45) is 7.05 Å². The number of aryl methyl sites for hydroxylation is 1. The number of amides is 2. The van der Waals surface area contributed by atoms with E-state index in [2.05, 4.69) is 58.9 Å². The molecule has 0 radical (unpaired) electrons. The van der Waals surface area contributed by atoms with Crippen molar-refractivity contribution < 1.29 is 9.59 Å². The van der Waals surface area contributed by atoms with Gasteiger partial charge in [-0.2, -0.15) is 4.80 Å².